The lowest BCUT2D eigenvalue weighted by Gasteiger charge is -2.12. The molecular weight excluding hydrogens is 332 g/mol. The Balaban J connectivity index is 1.89. The number of para-hydroxylation sites is 1. The second-order valence-electron chi connectivity index (χ2n) is 5.67. The van der Waals surface area contributed by atoms with Crippen molar-refractivity contribution >= 4 is 23.5 Å². The molecule has 0 spiro atoms. The minimum absolute atomic E-state index is 0.0115. The van der Waals surface area contributed by atoms with E-state index in [0.717, 1.165) is 5.56 Å². The largest absolute Gasteiger partial charge is 0.405 e. The van der Waals surface area contributed by atoms with Gasteiger partial charge in [0.15, 0.2) is 0 Å². The number of carbonyl (C=O) groups is 2. The average Bonchev–Trinajstić information content (AvgIpc) is 2.97. The van der Waals surface area contributed by atoms with Gasteiger partial charge in [0.25, 0.3) is 11.8 Å². The van der Waals surface area contributed by atoms with Crippen LogP contribution in [0.4, 0.5) is 5.69 Å². The smallest absolute Gasteiger partial charge is 0.309 e. The first-order chi connectivity index (χ1) is 12.6. The Labute approximate surface area is 151 Å². The zero-order valence-electron chi connectivity index (χ0n) is 14.5. The summed E-state index contributed by atoms with van der Waals surface area (Å²) < 4.78 is 5.16. The fourth-order valence-electron chi connectivity index (χ4n) is 2.48. The summed E-state index contributed by atoms with van der Waals surface area (Å²) in [6.07, 6.45) is 3.43. The number of amides is 1. The number of nitrogens with one attached hydrogen (secondary N) is 1. The first-order valence-corrected chi connectivity index (χ1v) is 8.07. The van der Waals surface area contributed by atoms with E-state index in [1.807, 2.05) is 18.2 Å². The number of pyridine rings is 1. The topological polar surface area (TPSA) is 83.9 Å². The molecule has 1 aromatic carbocycles. The van der Waals surface area contributed by atoms with Gasteiger partial charge in [-0.3, -0.25) is 14.6 Å². The number of allylic oxidation sites excluding steroid dienone is 1. The summed E-state index contributed by atoms with van der Waals surface area (Å²) in [6.45, 7) is 3.50. The molecule has 0 unspecified atom stereocenters. The van der Waals surface area contributed by atoms with Crippen LogP contribution in [0.5, 0.6) is 0 Å². The monoisotopic (exact) mass is 350 g/mol. The summed E-state index contributed by atoms with van der Waals surface area (Å²) in [6, 6.07) is 12.7. The van der Waals surface area contributed by atoms with E-state index < -0.39 is 5.97 Å². The van der Waals surface area contributed by atoms with Gasteiger partial charge >= 0.3 is 5.97 Å². The normalized spacial score (nSPS) is 15.5. The fraction of sp³-hybridized carbons (Fsp3) is 0.158. The third kappa shape index (κ3) is 3.77. The number of anilines is 1. The van der Waals surface area contributed by atoms with E-state index in [1.165, 1.54) is 11.9 Å². The number of esters is 1. The Bertz CT molecular complexity index is 876. The molecule has 7 nitrogen and oxygen atoms in total. The summed E-state index contributed by atoms with van der Waals surface area (Å²) in [4.78, 5) is 28.3. The number of aromatic nitrogens is 1. The predicted molar refractivity (Wildman–Crippen MR) is 96.9 cm³/mol. The molecule has 0 fully saturated rings. The molecule has 0 radical (unpaired) electrons. The van der Waals surface area contributed by atoms with Gasteiger partial charge < -0.3 is 10.1 Å². The van der Waals surface area contributed by atoms with Gasteiger partial charge in [-0.05, 0) is 30.7 Å². The molecular formula is C19H18N4O3. The lowest BCUT2D eigenvalue weighted by atomic mass is 10.2. The number of hydrogen-bond acceptors (Lipinski definition) is 6. The summed E-state index contributed by atoms with van der Waals surface area (Å²) in [5.41, 5.74) is 2.35. The Morgan fingerprint density at radius 3 is 2.58 bits per heavy atom. The fourth-order valence-corrected chi connectivity index (χ4v) is 2.48. The van der Waals surface area contributed by atoms with E-state index in [-0.39, 0.29) is 17.4 Å². The van der Waals surface area contributed by atoms with Crippen molar-refractivity contribution in [2.75, 3.05) is 5.01 Å². The Hall–Kier alpha value is -3.48. The van der Waals surface area contributed by atoms with Crippen molar-refractivity contribution in [3.05, 3.63) is 71.7 Å². The molecule has 0 bridgehead atoms. The van der Waals surface area contributed by atoms with Crippen LogP contribution in [0.3, 0.4) is 0 Å². The van der Waals surface area contributed by atoms with Crippen LogP contribution >= 0.6 is 0 Å². The summed E-state index contributed by atoms with van der Waals surface area (Å²) in [5.74, 6) is -0.907. The van der Waals surface area contributed by atoms with Crippen LogP contribution < -0.4 is 10.3 Å². The molecule has 0 aliphatic carbocycles. The minimum Gasteiger partial charge on any atom is -0.405 e. The van der Waals surface area contributed by atoms with E-state index in [4.69, 9.17) is 4.74 Å². The number of benzene rings is 1. The molecule has 1 amide bonds. The molecule has 0 atom stereocenters. The van der Waals surface area contributed by atoms with Crippen LogP contribution in [-0.2, 0) is 20.9 Å². The second kappa shape index (κ2) is 7.60. The van der Waals surface area contributed by atoms with Gasteiger partial charge in [0.1, 0.15) is 5.57 Å². The van der Waals surface area contributed by atoms with E-state index >= 15 is 0 Å². The van der Waals surface area contributed by atoms with Gasteiger partial charge in [-0.1, -0.05) is 24.3 Å². The summed E-state index contributed by atoms with van der Waals surface area (Å²) in [7, 11) is 0. The maximum atomic E-state index is 12.9. The molecule has 1 N–H and O–H groups in total. The molecule has 2 heterocycles. The number of rotatable bonds is 4. The molecule has 1 aromatic heterocycles. The Kier molecular flexibility index (Phi) is 5.07. The highest BCUT2D eigenvalue weighted by atomic mass is 16.5. The lowest BCUT2D eigenvalue weighted by Crippen LogP contribution is -2.25. The van der Waals surface area contributed by atoms with E-state index in [1.54, 1.807) is 43.6 Å². The first kappa shape index (κ1) is 17.3. The summed E-state index contributed by atoms with van der Waals surface area (Å²) in [5, 5.41) is 8.58. The number of hydrogen-bond donors (Lipinski definition) is 1. The van der Waals surface area contributed by atoms with Gasteiger partial charge in [-0.15, -0.1) is 5.10 Å². The number of nitrogens with zero attached hydrogens (tertiary/aromatic N) is 3. The third-order valence-corrected chi connectivity index (χ3v) is 3.71. The van der Waals surface area contributed by atoms with Crippen LogP contribution in [0.15, 0.2) is 71.2 Å². The van der Waals surface area contributed by atoms with E-state index in [9.17, 15) is 9.59 Å². The van der Waals surface area contributed by atoms with E-state index in [2.05, 4.69) is 15.4 Å². The van der Waals surface area contributed by atoms with Gasteiger partial charge in [0.2, 0.25) is 0 Å². The van der Waals surface area contributed by atoms with Crippen molar-refractivity contribution in [1.82, 2.24) is 10.3 Å². The van der Waals surface area contributed by atoms with Gasteiger partial charge in [-0.25, -0.2) is 0 Å². The van der Waals surface area contributed by atoms with Crippen LogP contribution in [0.1, 0.15) is 19.4 Å². The van der Waals surface area contributed by atoms with Crippen LogP contribution in [0, 0.1) is 0 Å². The Morgan fingerprint density at radius 1 is 1.15 bits per heavy atom. The summed E-state index contributed by atoms with van der Waals surface area (Å²) >= 11 is 0. The number of hydrazone groups is 1. The van der Waals surface area contributed by atoms with Crippen LogP contribution in [0.2, 0.25) is 0 Å². The van der Waals surface area contributed by atoms with Crippen molar-refractivity contribution < 1.29 is 14.3 Å². The van der Waals surface area contributed by atoms with Crippen LogP contribution in [-0.4, -0.2) is 22.8 Å². The second-order valence-corrected chi connectivity index (χ2v) is 5.67. The van der Waals surface area contributed by atoms with Crippen molar-refractivity contribution in [1.29, 1.82) is 0 Å². The molecule has 1 aliphatic heterocycles. The average molecular weight is 350 g/mol. The molecule has 26 heavy (non-hydrogen) atoms. The maximum absolute atomic E-state index is 12.9. The molecule has 2 aromatic rings. The molecule has 3 rings (SSSR count). The standard InChI is InChI=1S/C19H18N4O3/c1-13(21-12-15-7-6-10-20-11-15)17-18(26-14(2)24)22-23(19(17)25)16-8-4-3-5-9-16/h3-11,21H,12H2,1-2H3/b17-13-. The zero-order valence-corrected chi connectivity index (χ0v) is 14.5. The molecule has 132 valence electrons. The highest BCUT2D eigenvalue weighted by molar-refractivity contribution is 6.29. The minimum atomic E-state index is -0.538. The maximum Gasteiger partial charge on any atom is 0.309 e. The molecule has 7 heteroatoms. The first-order valence-electron chi connectivity index (χ1n) is 8.07. The Morgan fingerprint density at radius 2 is 1.92 bits per heavy atom. The quantitative estimate of drug-likeness (QED) is 0.676. The zero-order chi connectivity index (χ0) is 18.5. The van der Waals surface area contributed by atoms with E-state index in [0.29, 0.717) is 17.9 Å². The molecule has 1 aliphatic rings. The highest BCUT2D eigenvalue weighted by Gasteiger charge is 2.35. The van der Waals surface area contributed by atoms with Crippen LogP contribution in [0.25, 0.3) is 0 Å². The van der Waals surface area contributed by atoms with Crippen molar-refractivity contribution in [3.63, 3.8) is 0 Å². The number of carbonyl (C=O) groups excluding carboxylic acids is 2. The predicted octanol–water partition coefficient (Wildman–Crippen LogP) is 2.37. The van der Waals surface area contributed by atoms with Gasteiger partial charge in [0.05, 0.1) is 5.69 Å². The number of ether oxygens (including phenoxy) is 1. The van der Waals surface area contributed by atoms with Gasteiger partial charge in [-0.2, -0.15) is 5.01 Å². The third-order valence-electron chi connectivity index (χ3n) is 3.71. The highest BCUT2D eigenvalue weighted by Crippen LogP contribution is 2.25. The van der Waals surface area contributed by atoms with Gasteiger partial charge in [0, 0.05) is 31.6 Å². The van der Waals surface area contributed by atoms with Crippen molar-refractivity contribution in [2.45, 2.75) is 20.4 Å². The lowest BCUT2D eigenvalue weighted by molar-refractivity contribution is -0.132. The van der Waals surface area contributed by atoms with Crippen molar-refractivity contribution in [2.24, 2.45) is 5.10 Å². The van der Waals surface area contributed by atoms with Crippen molar-refractivity contribution in [3.8, 4) is 0 Å². The molecule has 0 saturated heterocycles. The SMILES string of the molecule is CC(=O)OC1=NN(c2ccccc2)C(=O)/C1=C(/C)NCc1cccnc1. The molecule has 0 saturated carbocycles.